The topological polar surface area (TPSA) is 68.2 Å². The van der Waals surface area contributed by atoms with Gasteiger partial charge in [0.1, 0.15) is 5.92 Å². The third-order valence-corrected chi connectivity index (χ3v) is 4.28. The van der Waals surface area contributed by atoms with Crippen LogP contribution in [0.25, 0.3) is 0 Å². The lowest BCUT2D eigenvalue weighted by Crippen LogP contribution is -2.55. The van der Waals surface area contributed by atoms with Gasteiger partial charge in [-0.3, -0.25) is 4.79 Å². The summed E-state index contributed by atoms with van der Waals surface area (Å²) >= 11 is 12.2. The molecule has 0 spiro atoms. The summed E-state index contributed by atoms with van der Waals surface area (Å²) < 4.78 is 10.2. The van der Waals surface area contributed by atoms with E-state index in [1.165, 1.54) is 17.3 Å². The molecule has 1 heterocycles. The van der Waals surface area contributed by atoms with E-state index in [0.717, 1.165) is 0 Å². The maximum atomic E-state index is 12.6. The summed E-state index contributed by atoms with van der Waals surface area (Å²) in [4.78, 5) is 24.9. The van der Waals surface area contributed by atoms with E-state index in [0.29, 0.717) is 15.7 Å². The Balaban J connectivity index is 2.48. The summed E-state index contributed by atoms with van der Waals surface area (Å²) in [7, 11) is 0. The number of nitrogens with zero attached hydrogens (tertiary/aromatic N) is 2. The van der Waals surface area contributed by atoms with Gasteiger partial charge in [-0.1, -0.05) is 23.2 Å². The van der Waals surface area contributed by atoms with Gasteiger partial charge in [-0.15, -0.1) is 0 Å². The van der Waals surface area contributed by atoms with Gasteiger partial charge in [-0.05, 0) is 39.0 Å². The molecule has 1 aliphatic rings. The Bertz CT molecular complexity index is 680. The lowest BCUT2D eigenvalue weighted by atomic mass is 9.86. The predicted molar refractivity (Wildman–Crippen MR) is 92.6 cm³/mol. The maximum absolute atomic E-state index is 12.6. The lowest BCUT2D eigenvalue weighted by Gasteiger charge is -2.35. The van der Waals surface area contributed by atoms with E-state index >= 15 is 0 Å². The summed E-state index contributed by atoms with van der Waals surface area (Å²) in [6.45, 7) is 5.33. The Morgan fingerprint density at radius 1 is 1.25 bits per heavy atom. The minimum Gasteiger partial charge on any atom is -0.465 e. The maximum Gasteiger partial charge on any atom is 0.335 e. The molecule has 1 aromatic carbocycles. The smallest absolute Gasteiger partial charge is 0.335 e. The van der Waals surface area contributed by atoms with E-state index < -0.39 is 23.4 Å². The van der Waals surface area contributed by atoms with Crippen LogP contribution in [0.4, 0.5) is 5.69 Å². The molecule has 0 radical (unpaired) electrons. The summed E-state index contributed by atoms with van der Waals surface area (Å²) in [6, 6.07) is 4.80. The van der Waals surface area contributed by atoms with E-state index in [1.807, 2.05) is 0 Å². The van der Waals surface area contributed by atoms with Crippen molar-refractivity contribution in [3.63, 3.8) is 0 Å². The Hall–Kier alpha value is -1.79. The largest absolute Gasteiger partial charge is 0.465 e. The average Bonchev–Trinajstić information content (AvgIpc) is 2.87. The molecule has 0 amide bonds. The molecular formula is C16H18Cl2N2O4. The van der Waals surface area contributed by atoms with E-state index in [1.54, 1.807) is 32.9 Å². The minimum absolute atomic E-state index is 0.173. The number of hydrogen-bond donors (Lipinski definition) is 0. The van der Waals surface area contributed by atoms with Gasteiger partial charge in [0.15, 0.2) is 5.54 Å². The summed E-state index contributed by atoms with van der Waals surface area (Å²) in [5.74, 6) is -2.06. The fourth-order valence-electron chi connectivity index (χ4n) is 2.51. The van der Waals surface area contributed by atoms with Crippen LogP contribution < -0.4 is 5.01 Å². The number of hydrazone groups is 1. The van der Waals surface area contributed by atoms with Crippen LogP contribution in [0.2, 0.25) is 10.0 Å². The molecule has 0 saturated heterocycles. The monoisotopic (exact) mass is 372 g/mol. The van der Waals surface area contributed by atoms with Gasteiger partial charge in [0, 0.05) is 11.2 Å². The standard InChI is InChI=1S/C16H18Cl2N2O4/c1-4-23-14(21)11-9-19-20(16(11,3)15(22)24-5-2)13-7-6-10(17)8-12(13)18/h6-9,11H,4-5H2,1-3H3. The van der Waals surface area contributed by atoms with Crippen LogP contribution in [0.5, 0.6) is 0 Å². The second kappa shape index (κ2) is 7.40. The lowest BCUT2D eigenvalue weighted by molar-refractivity contribution is -0.158. The molecule has 0 bridgehead atoms. The van der Waals surface area contributed by atoms with Gasteiger partial charge in [0.2, 0.25) is 0 Å². The number of benzene rings is 1. The van der Waals surface area contributed by atoms with Crippen LogP contribution in [-0.4, -0.2) is 36.9 Å². The van der Waals surface area contributed by atoms with Crippen molar-refractivity contribution in [2.75, 3.05) is 18.2 Å². The Morgan fingerprint density at radius 3 is 2.50 bits per heavy atom. The zero-order valence-corrected chi connectivity index (χ0v) is 15.1. The second-order valence-electron chi connectivity index (χ2n) is 5.27. The Labute approximate surface area is 150 Å². The number of anilines is 1. The average molecular weight is 373 g/mol. The summed E-state index contributed by atoms with van der Waals surface area (Å²) in [5, 5.41) is 6.35. The highest BCUT2D eigenvalue weighted by Gasteiger charge is 2.55. The summed E-state index contributed by atoms with van der Waals surface area (Å²) in [6.07, 6.45) is 1.37. The SMILES string of the molecule is CCOC(=O)C1C=NN(c2ccc(Cl)cc2Cl)C1(C)C(=O)OCC. The highest BCUT2D eigenvalue weighted by atomic mass is 35.5. The van der Waals surface area contributed by atoms with Crippen molar-refractivity contribution in [3.05, 3.63) is 28.2 Å². The van der Waals surface area contributed by atoms with Crippen LogP contribution in [0, 0.1) is 5.92 Å². The van der Waals surface area contributed by atoms with Gasteiger partial charge in [-0.25, -0.2) is 9.80 Å². The van der Waals surface area contributed by atoms with Gasteiger partial charge in [-0.2, -0.15) is 5.10 Å². The highest BCUT2D eigenvalue weighted by molar-refractivity contribution is 6.36. The molecule has 130 valence electrons. The van der Waals surface area contributed by atoms with Gasteiger partial charge < -0.3 is 9.47 Å². The third kappa shape index (κ3) is 3.21. The van der Waals surface area contributed by atoms with Crippen LogP contribution in [0.15, 0.2) is 23.3 Å². The first kappa shape index (κ1) is 18.5. The molecule has 6 nitrogen and oxygen atoms in total. The van der Waals surface area contributed by atoms with E-state index in [2.05, 4.69) is 5.10 Å². The number of halogens is 2. The molecule has 2 rings (SSSR count). The molecule has 2 atom stereocenters. The van der Waals surface area contributed by atoms with Gasteiger partial charge in [0.05, 0.1) is 23.9 Å². The van der Waals surface area contributed by atoms with Crippen molar-refractivity contribution in [1.29, 1.82) is 0 Å². The first-order valence-corrected chi connectivity index (χ1v) is 8.25. The summed E-state index contributed by atoms with van der Waals surface area (Å²) in [5.41, 5.74) is -0.959. The first-order valence-electron chi connectivity index (χ1n) is 7.49. The zero-order chi connectivity index (χ0) is 17.9. The molecular weight excluding hydrogens is 355 g/mol. The normalized spacial score (nSPS) is 22.5. The molecule has 24 heavy (non-hydrogen) atoms. The quantitative estimate of drug-likeness (QED) is 0.741. The minimum atomic E-state index is -1.40. The molecule has 0 aliphatic carbocycles. The molecule has 1 aromatic rings. The number of ether oxygens (including phenoxy) is 2. The van der Waals surface area contributed by atoms with Crippen molar-refractivity contribution < 1.29 is 19.1 Å². The van der Waals surface area contributed by atoms with E-state index in [-0.39, 0.29) is 13.2 Å². The number of carbonyl (C=O) groups is 2. The van der Waals surface area contributed by atoms with Gasteiger partial charge >= 0.3 is 11.9 Å². The van der Waals surface area contributed by atoms with Crippen molar-refractivity contribution in [2.24, 2.45) is 11.0 Å². The van der Waals surface area contributed by atoms with E-state index in [9.17, 15) is 9.59 Å². The second-order valence-corrected chi connectivity index (χ2v) is 6.11. The fraction of sp³-hybridized carbons (Fsp3) is 0.438. The van der Waals surface area contributed by atoms with Crippen LogP contribution in [0.3, 0.4) is 0 Å². The third-order valence-electron chi connectivity index (χ3n) is 3.74. The Kier molecular flexibility index (Phi) is 5.72. The molecule has 0 N–H and O–H groups in total. The fourth-order valence-corrected chi connectivity index (χ4v) is 3.00. The number of rotatable bonds is 5. The van der Waals surface area contributed by atoms with Crippen LogP contribution in [0.1, 0.15) is 20.8 Å². The van der Waals surface area contributed by atoms with Crippen molar-refractivity contribution >= 4 is 47.0 Å². The number of esters is 2. The van der Waals surface area contributed by atoms with Crippen molar-refractivity contribution in [1.82, 2.24) is 0 Å². The van der Waals surface area contributed by atoms with E-state index in [4.69, 9.17) is 32.7 Å². The predicted octanol–water partition coefficient (Wildman–Crippen LogP) is 3.30. The van der Waals surface area contributed by atoms with Crippen molar-refractivity contribution in [2.45, 2.75) is 26.3 Å². The zero-order valence-electron chi connectivity index (χ0n) is 13.6. The van der Waals surface area contributed by atoms with Gasteiger partial charge in [0.25, 0.3) is 0 Å². The molecule has 0 saturated carbocycles. The highest BCUT2D eigenvalue weighted by Crippen LogP contribution is 2.40. The molecule has 0 fully saturated rings. The molecule has 8 heteroatoms. The Morgan fingerprint density at radius 2 is 1.92 bits per heavy atom. The van der Waals surface area contributed by atoms with Crippen LogP contribution in [-0.2, 0) is 19.1 Å². The number of hydrogen-bond acceptors (Lipinski definition) is 6. The van der Waals surface area contributed by atoms with Crippen molar-refractivity contribution in [3.8, 4) is 0 Å². The van der Waals surface area contributed by atoms with Crippen LogP contribution >= 0.6 is 23.2 Å². The molecule has 0 aromatic heterocycles. The molecule has 1 aliphatic heterocycles. The number of carbonyl (C=O) groups excluding carboxylic acids is 2. The first-order chi connectivity index (χ1) is 11.4. The molecule has 2 unspecified atom stereocenters.